The molecule has 0 aliphatic carbocycles. The van der Waals surface area contributed by atoms with Gasteiger partial charge in [0, 0.05) is 16.5 Å². The number of hydrazone groups is 1. The minimum absolute atomic E-state index is 0.289. The van der Waals surface area contributed by atoms with Crippen LogP contribution in [0.2, 0.25) is 0 Å². The summed E-state index contributed by atoms with van der Waals surface area (Å²) < 4.78 is 24.2. The molecule has 1 heterocycles. The van der Waals surface area contributed by atoms with E-state index >= 15 is 0 Å². The van der Waals surface area contributed by atoms with Crippen LogP contribution in [0.3, 0.4) is 0 Å². The number of aromatic nitrogens is 1. The highest BCUT2D eigenvalue weighted by Crippen LogP contribution is 2.25. The number of benzene rings is 3. The van der Waals surface area contributed by atoms with Crippen molar-refractivity contribution in [2.75, 3.05) is 12.5 Å². The van der Waals surface area contributed by atoms with Crippen LogP contribution in [-0.2, 0) is 6.61 Å². The Morgan fingerprint density at radius 3 is 2.65 bits per heavy atom. The van der Waals surface area contributed by atoms with Crippen LogP contribution in [0.25, 0.3) is 11.3 Å². The summed E-state index contributed by atoms with van der Waals surface area (Å²) in [5.74, 6) is 0.994. The standard InChI is InChI=1S/C24H20FN3O2S/c1-29-23-12-7-17(13-19(23)15-30-21-10-8-20(25)9-11-21)14-26-28-24-27-22(16-31-24)18-5-3-2-4-6-18/h2-14,16H,15H2,1H3,(H,27,28). The summed E-state index contributed by atoms with van der Waals surface area (Å²) in [5.41, 5.74) is 6.69. The first-order chi connectivity index (χ1) is 15.2. The van der Waals surface area contributed by atoms with E-state index in [4.69, 9.17) is 9.47 Å². The summed E-state index contributed by atoms with van der Waals surface area (Å²) in [6.07, 6.45) is 1.71. The number of rotatable bonds is 8. The average molecular weight is 434 g/mol. The van der Waals surface area contributed by atoms with Gasteiger partial charge in [-0.3, -0.25) is 5.43 Å². The fraction of sp³-hybridized carbons (Fsp3) is 0.0833. The third-order valence-corrected chi connectivity index (χ3v) is 5.21. The smallest absolute Gasteiger partial charge is 0.203 e. The maximum absolute atomic E-state index is 13.1. The highest BCUT2D eigenvalue weighted by molar-refractivity contribution is 7.14. The topological polar surface area (TPSA) is 55.7 Å². The number of hydrogen-bond donors (Lipinski definition) is 1. The van der Waals surface area contributed by atoms with Gasteiger partial charge in [-0.15, -0.1) is 11.3 Å². The number of anilines is 1. The van der Waals surface area contributed by atoms with Crippen LogP contribution in [0, 0.1) is 5.82 Å². The molecule has 0 amide bonds. The van der Waals surface area contributed by atoms with Crippen LogP contribution in [0.1, 0.15) is 11.1 Å². The van der Waals surface area contributed by atoms with Crippen LogP contribution >= 0.6 is 11.3 Å². The molecule has 156 valence electrons. The van der Waals surface area contributed by atoms with Gasteiger partial charge in [-0.2, -0.15) is 5.10 Å². The Kier molecular flexibility index (Phi) is 6.54. The molecule has 0 spiro atoms. The van der Waals surface area contributed by atoms with E-state index in [1.165, 1.54) is 23.5 Å². The van der Waals surface area contributed by atoms with Gasteiger partial charge >= 0.3 is 0 Å². The highest BCUT2D eigenvalue weighted by atomic mass is 32.1. The normalized spacial score (nSPS) is 10.9. The maximum atomic E-state index is 13.1. The molecule has 0 saturated heterocycles. The van der Waals surface area contributed by atoms with Gasteiger partial charge in [-0.05, 0) is 48.0 Å². The van der Waals surface area contributed by atoms with Crippen molar-refractivity contribution in [2.45, 2.75) is 6.61 Å². The van der Waals surface area contributed by atoms with Crippen molar-refractivity contribution in [3.63, 3.8) is 0 Å². The number of nitrogens with zero attached hydrogens (tertiary/aromatic N) is 2. The number of halogens is 1. The molecule has 3 aromatic carbocycles. The molecule has 1 aromatic heterocycles. The van der Waals surface area contributed by atoms with Gasteiger partial charge in [-0.25, -0.2) is 9.37 Å². The van der Waals surface area contributed by atoms with E-state index in [2.05, 4.69) is 15.5 Å². The van der Waals surface area contributed by atoms with Crippen molar-refractivity contribution in [3.8, 4) is 22.8 Å². The molecule has 5 nitrogen and oxygen atoms in total. The van der Waals surface area contributed by atoms with Crippen LogP contribution in [-0.4, -0.2) is 18.3 Å². The minimum atomic E-state index is -0.299. The second-order valence-electron chi connectivity index (χ2n) is 6.59. The number of nitrogens with one attached hydrogen (secondary N) is 1. The van der Waals surface area contributed by atoms with Gasteiger partial charge in [0.25, 0.3) is 0 Å². The lowest BCUT2D eigenvalue weighted by atomic mass is 10.1. The average Bonchev–Trinajstić information content (AvgIpc) is 3.28. The second-order valence-corrected chi connectivity index (χ2v) is 7.45. The molecule has 0 saturated carbocycles. The molecule has 0 aliphatic heterocycles. The van der Waals surface area contributed by atoms with E-state index in [1.807, 2.05) is 53.9 Å². The minimum Gasteiger partial charge on any atom is -0.496 e. The molecular formula is C24H20FN3O2S. The molecule has 4 aromatic rings. The molecule has 0 fully saturated rings. The van der Waals surface area contributed by atoms with Gasteiger partial charge in [0.15, 0.2) is 0 Å². The summed E-state index contributed by atoms with van der Waals surface area (Å²) in [7, 11) is 1.61. The number of hydrogen-bond acceptors (Lipinski definition) is 6. The third-order valence-electron chi connectivity index (χ3n) is 4.46. The number of ether oxygens (including phenoxy) is 2. The lowest BCUT2D eigenvalue weighted by Gasteiger charge is -2.11. The van der Waals surface area contributed by atoms with Crippen molar-refractivity contribution >= 4 is 22.7 Å². The van der Waals surface area contributed by atoms with E-state index in [-0.39, 0.29) is 12.4 Å². The van der Waals surface area contributed by atoms with E-state index in [0.29, 0.717) is 16.6 Å². The largest absolute Gasteiger partial charge is 0.496 e. The molecule has 0 atom stereocenters. The first-order valence-electron chi connectivity index (χ1n) is 9.56. The lowest BCUT2D eigenvalue weighted by molar-refractivity contribution is 0.296. The summed E-state index contributed by atoms with van der Waals surface area (Å²) in [5, 5.41) is 7.00. The van der Waals surface area contributed by atoms with Gasteiger partial charge < -0.3 is 9.47 Å². The Morgan fingerprint density at radius 1 is 1.06 bits per heavy atom. The number of methoxy groups -OCH3 is 1. The lowest BCUT2D eigenvalue weighted by Crippen LogP contribution is -2.00. The molecule has 0 aliphatic rings. The van der Waals surface area contributed by atoms with E-state index in [9.17, 15) is 4.39 Å². The van der Waals surface area contributed by atoms with Crippen molar-refractivity contribution in [3.05, 3.63) is 95.1 Å². The van der Waals surface area contributed by atoms with E-state index in [1.54, 1.807) is 25.5 Å². The molecule has 4 rings (SSSR count). The van der Waals surface area contributed by atoms with E-state index < -0.39 is 0 Å². The quantitative estimate of drug-likeness (QED) is 0.274. The van der Waals surface area contributed by atoms with Gasteiger partial charge in [-0.1, -0.05) is 30.3 Å². The Bertz CT molecular complexity index is 1160. The Hall–Kier alpha value is -3.71. The maximum Gasteiger partial charge on any atom is 0.203 e. The van der Waals surface area contributed by atoms with Crippen molar-refractivity contribution in [1.82, 2.24) is 4.98 Å². The van der Waals surface area contributed by atoms with E-state index in [0.717, 1.165) is 22.4 Å². The zero-order valence-electron chi connectivity index (χ0n) is 16.8. The predicted octanol–water partition coefficient (Wildman–Crippen LogP) is 5.98. The van der Waals surface area contributed by atoms with Crippen molar-refractivity contribution in [2.24, 2.45) is 5.10 Å². The molecule has 7 heteroatoms. The predicted molar refractivity (Wildman–Crippen MR) is 122 cm³/mol. The monoisotopic (exact) mass is 433 g/mol. The summed E-state index contributed by atoms with van der Waals surface area (Å²) in [6, 6.07) is 21.6. The van der Waals surface area contributed by atoms with Crippen molar-refractivity contribution < 1.29 is 13.9 Å². The zero-order valence-corrected chi connectivity index (χ0v) is 17.6. The second kappa shape index (κ2) is 9.86. The van der Waals surface area contributed by atoms with Crippen LogP contribution in [0.5, 0.6) is 11.5 Å². The molecule has 0 unspecified atom stereocenters. The molecule has 31 heavy (non-hydrogen) atoms. The Balaban J connectivity index is 1.41. The van der Waals surface area contributed by atoms with Gasteiger partial charge in [0.2, 0.25) is 5.13 Å². The molecule has 1 N–H and O–H groups in total. The zero-order chi connectivity index (χ0) is 21.5. The van der Waals surface area contributed by atoms with Crippen LogP contribution < -0.4 is 14.9 Å². The summed E-state index contributed by atoms with van der Waals surface area (Å²) >= 11 is 1.49. The third kappa shape index (κ3) is 5.46. The fourth-order valence-corrected chi connectivity index (χ4v) is 3.58. The SMILES string of the molecule is COc1ccc(C=NNc2nc(-c3ccccc3)cs2)cc1COc1ccc(F)cc1. The van der Waals surface area contributed by atoms with Crippen LogP contribution in [0.4, 0.5) is 9.52 Å². The summed E-state index contributed by atoms with van der Waals surface area (Å²) in [6.45, 7) is 0.289. The Morgan fingerprint density at radius 2 is 1.87 bits per heavy atom. The van der Waals surface area contributed by atoms with Gasteiger partial charge in [0.05, 0.1) is 19.0 Å². The molecule has 0 radical (unpaired) electrons. The summed E-state index contributed by atoms with van der Waals surface area (Å²) in [4.78, 5) is 4.55. The molecule has 0 bridgehead atoms. The van der Waals surface area contributed by atoms with Crippen molar-refractivity contribution in [1.29, 1.82) is 0 Å². The first-order valence-corrected chi connectivity index (χ1v) is 10.4. The fourth-order valence-electron chi connectivity index (χ4n) is 2.91. The highest BCUT2D eigenvalue weighted by Gasteiger charge is 2.06. The Labute approximate surface area is 183 Å². The first kappa shape index (κ1) is 20.6. The van der Waals surface area contributed by atoms with Gasteiger partial charge in [0.1, 0.15) is 23.9 Å². The molecular weight excluding hydrogens is 413 g/mol. The van der Waals surface area contributed by atoms with Crippen LogP contribution in [0.15, 0.2) is 83.3 Å². The number of thiazole rings is 1.